The number of nitrogens with two attached hydrogens (primary N) is 1. The molecule has 1 aromatic carbocycles. The van der Waals surface area contributed by atoms with Gasteiger partial charge >= 0.3 is 0 Å². The van der Waals surface area contributed by atoms with Gasteiger partial charge in [-0.2, -0.15) is 0 Å². The van der Waals surface area contributed by atoms with Gasteiger partial charge in [0.15, 0.2) is 5.96 Å². The molecule has 1 fully saturated rings. The van der Waals surface area contributed by atoms with Crippen molar-refractivity contribution < 1.29 is 9.13 Å². The molecule has 0 aliphatic carbocycles. The third kappa shape index (κ3) is 5.80. The van der Waals surface area contributed by atoms with Crippen LogP contribution in [0.2, 0.25) is 0 Å². The molecule has 0 saturated carbocycles. The molecule has 0 amide bonds. The van der Waals surface area contributed by atoms with Gasteiger partial charge in [-0.05, 0) is 23.6 Å². The quantitative estimate of drug-likeness (QED) is 0.619. The summed E-state index contributed by atoms with van der Waals surface area (Å²) in [7, 11) is 0. The van der Waals surface area contributed by atoms with Crippen LogP contribution in [0.3, 0.4) is 0 Å². The fourth-order valence-corrected chi connectivity index (χ4v) is 2.60. The Bertz CT molecular complexity index is 515. The number of hydrogen-bond donors (Lipinski definition) is 2. The first-order valence-electron chi connectivity index (χ1n) is 8.17. The Balaban J connectivity index is 2.06. The van der Waals surface area contributed by atoms with Crippen molar-refractivity contribution in [2.75, 3.05) is 39.4 Å². The van der Waals surface area contributed by atoms with Crippen LogP contribution in [-0.4, -0.2) is 50.3 Å². The first kappa shape index (κ1) is 17.7. The highest BCUT2D eigenvalue weighted by atomic mass is 19.1. The first-order chi connectivity index (χ1) is 11.1. The van der Waals surface area contributed by atoms with E-state index in [2.05, 4.69) is 29.1 Å². The maximum Gasteiger partial charge on any atom is 0.188 e. The number of benzene rings is 1. The van der Waals surface area contributed by atoms with E-state index < -0.39 is 0 Å². The minimum absolute atomic E-state index is 0.0439. The standard InChI is InChI=1S/C17H27FN4O/c1-13(2)11-20-17(19)21-12-16(22-6-8-23-9-7-22)14-4-3-5-15(18)10-14/h3-5,10,13,16H,6-9,11-12H2,1-2H3,(H3,19,20,21). The molecule has 23 heavy (non-hydrogen) atoms. The fraction of sp³-hybridized carbons (Fsp3) is 0.588. The second-order valence-corrected chi connectivity index (χ2v) is 6.22. The normalized spacial score (nSPS) is 18.2. The van der Waals surface area contributed by atoms with Gasteiger partial charge in [0.05, 0.1) is 19.3 Å². The van der Waals surface area contributed by atoms with Crippen LogP contribution in [0.15, 0.2) is 29.3 Å². The number of guanidine groups is 1. The SMILES string of the molecule is CC(C)CN=C(N)NCC(c1cccc(F)c1)N1CCOCC1. The van der Waals surface area contributed by atoms with E-state index in [-0.39, 0.29) is 11.9 Å². The van der Waals surface area contributed by atoms with Crippen molar-refractivity contribution in [2.24, 2.45) is 16.6 Å². The van der Waals surface area contributed by atoms with E-state index in [0.717, 1.165) is 18.7 Å². The molecule has 1 atom stereocenters. The molecule has 0 radical (unpaired) electrons. The van der Waals surface area contributed by atoms with Gasteiger partial charge in [0.2, 0.25) is 0 Å². The van der Waals surface area contributed by atoms with E-state index in [4.69, 9.17) is 10.5 Å². The minimum atomic E-state index is -0.220. The molecule has 3 N–H and O–H groups in total. The Morgan fingerprint density at radius 2 is 2.13 bits per heavy atom. The fourth-order valence-electron chi connectivity index (χ4n) is 2.60. The summed E-state index contributed by atoms with van der Waals surface area (Å²) in [5.74, 6) is 0.684. The predicted molar refractivity (Wildman–Crippen MR) is 90.9 cm³/mol. The summed E-state index contributed by atoms with van der Waals surface area (Å²) in [6, 6.07) is 6.79. The van der Waals surface area contributed by atoms with Crippen molar-refractivity contribution in [3.05, 3.63) is 35.6 Å². The molecule has 1 unspecified atom stereocenters. The van der Waals surface area contributed by atoms with Gasteiger partial charge in [-0.25, -0.2) is 4.39 Å². The lowest BCUT2D eigenvalue weighted by Gasteiger charge is -2.35. The number of halogens is 1. The highest BCUT2D eigenvalue weighted by Crippen LogP contribution is 2.22. The van der Waals surface area contributed by atoms with E-state index in [9.17, 15) is 4.39 Å². The van der Waals surface area contributed by atoms with E-state index in [1.165, 1.54) is 6.07 Å². The first-order valence-corrected chi connectivity index (χ1v) is 8.17. The zero-order chi connectivity index (χ0) is 16.7. The molecule has 1 saturated heterocycles. The summed E-state index contributed by atoms with van der Waals surface area (Å²) in [5.41, 5.74) is 6.87. The summed E-state index contributed by atoms with van der Waals surface area (Å²) >= 11 is 0. The lowest BCUT2D eigenvalue weighted by molar-refractivity contribution is 0.0169. The Hall–Kier alpha value is -1.66. The zero-order valence-corrected chi connectivity index (χ0v) is 14.0. The van der Waals surface area contributed by atoms with Crippen LogP contribution in [0.5, 0.6) is 0 Å². The van der Waals surface area contributed by atoms with Crippen molar-refractivity contribution in [3.8, 4) is 0 Å². The maximum absolute atomic E-state index is 13.6. The molecule has 1 heterocycles. The van der Waals surface area contributed by atoms with Gasteiger partial charge in [-0.1, -0.05) is 26.0 Å². The van der Waals surface area contributed by atoms with E-state index in [1.54, 1.807) is 12.1 Å². The van der Waals surface area contributed by atoms with Crippen molar-refractivity contribution >= 4 is 5.96 Å². The van der Waals surface area contributed by atoms with Crippen LogP contribution in [0.1, 0.15) is 25.5 Å². The predicted octanol–water partition coefficient (Wildman–Crippen LogP) is 1.76. The van der Waals surface area contributed by atoms with E-state index >= 15 is 0 Å². The third-order valence-electron chi connectivity index (χ3n) is 3.82. The molecular formula is C17H27FN4O. The average Bonchev–Trinajstić information content (AvgIpc) is 2.54. The second kappa shape index (κ2) is 8.84. The van der Waals surface area contributed by atoms with Crippen molar-refractivity contribution in [1.82, 2.24) is 10.2 Å². The van der Waals surface area contributed by atoms with Gasteiger partial charge < -0.3 is 15.8 Å². The molecule has 0 bridgehead atoms. The molecule has 5 nitrogen and oxygen atoms in total. The highest BCUT2D eigenvalue weighted by molar-refractivity contribution is 5.77. The molecule has 2 rings (SSSR count). The van der Waals surface area contributed by atoms with Crippen LogP contribution < -0.4 is 11.1 Å². The summed E-state index contributed by atoms with van der Waals surface area (Å²) in [5, 5.41) is 3.18. The maximum atomic E-state index is 13.6. The van der Waals surface area contributed by atoms with Crippen molar-refractivity contribution in [1.29, 1.82) is 0 Å². The Kier molecular flexibility index (Phi) is 6.80. The van der Waals surface area contributed by atoms with Crippen molar-refractivity contribution in [3.63, 3.8) is 0 Å². The Labute approximate surface area is 137 Å². The number of nitrogens with zero attached hydrogens (tertiary/aromatic N) is 2. The lowest BCUT2D eigenvalue weighted by Crippen LogP contribution is -2.45. The lowest BCUT2D eigenvalue weighted by atomic mass is 10.0. The number of ether oxygens (including phenoxy) is 1. The van der Waals surface area contributed by atoms with Crippen LogP contribution in [0, 0.1) is 11.7 Å². The summed E-state index contributed by atoms with van der Waals surface area (Å²) < 4.78 is 19.0. The van der Waals surface area contributed by atoms with Gasteiger partial charge in [0, 0.05) is 26.2 Å². The van der Waals surface area contributed by atoms with Gasteiger partial charge in [0.1, 0.15) is 5.82 Å². The van der Waals surface area contributed by atoms with Crippen LogP contribution >= 0.6 is 0 Å². The van der Waals surface area contributed by atoms with Gasteiger partial charge in [-0.15, -0.1) is 0 Å². The van der Waals surface area contributed by atoms with Gasteiger partial charge in [0.25, 0.3) is 0 Å². The summed E-state index contributed by atoms with van der Waals surface area (Å²) in [4.78, 5) is 6.61. The molecule has 128 valence electrons. The van der Waals surface area contributed by atoms with Crippen LogP contribution in [0.25, 0.3) is 0 Å². The number of morpholine rings is 1. The van der Waals surface area contributed by atoms with E-state index in [1.807, 2.05) is 6.07 Å². The average molecular weight is 322 g/mol. The molecule has 0 aromatic heterocycles. The summed E-state index contributed by atoms with van der Waals surface area (Å²) in [6.07, 6.45) is 0. The number of rotatable bonds is 6. The van der Waals surface area contributed by atoms with Crippen LogP contribution in [0.4, 0.5) is 4.39 Å². The highest BCUT2D eigenvalue weighted by Gasteiger charge is 2.23. The Morgan fingerprint density at radius 3 is 2.78 bits per heavy atom. The second-order valence-electron chi connectivity index (χ2n) is 6.22. The number of aliphatic imine (C=N–C) groups is 1. The molecule has 1 aliphatic heterocycles. The molecule has 0 spiro atoms. The largest absolute Gasteiger partial charge is 0.379 e. The summed E-state index contributed by atoms with van der Waals surface area (Å²) in [6.45, 7) is 8.53. The minimum Gasteiger partial charge on any atom is -0.379 e. The number of hydrogen-bond acceptors (Lipinski definition) is 3. The van der Waals surface area contributed by atoms with E-state index in [0.29, 0.717) is 38.2 Å². The smallest absolute Gasteiger partial charge is 0.188 e. The van der Waals surface area contributed by atoms with Crippen molar-refractivity contribution in [2.45, 2.75) is 19.9 Å². The van der Waals surface area contributed by atoms with Crippen LogP contribution in [-0.2, 0) is 4.74 Å². The molecule has 1 aliphatic rings. The molecule has 1 aromatic rings. The third-order valence-corrected chi connectivity index (χ3v) is 3.82. The Morgan fingerprint density at radius 1 is 1.39 bits per heavy atom. The van der Waals surface area contributed by atoms with Gasteiger partial charge in [-0.3, -0.25) is 9.89 Å². The topological polar surface area (TPSA) is 62.9 Å². The molecule has 6 heteroatoms. The monoisotopic (exact) mass is 322 g/mol. The molecular weight excluding hydrogens is 295 g/mol. The number of nitrogens with one attached hydrogen (secondary N) is 1. The zero-order valence-electron chi connectivity index (χ0n) is 14.0.